The minimum Gasteiger partial charge on any atom is -0.337 e. The fourth-order valence-electron chi connectivity index (χ4n) is 2.35. The third kappa shape index (κ3) is 4.97. The molecule has 3 rings (SSSR count). The number of imide groups is 1. The number of hydrogen-bond acceptors (Lipinski definition) is 6. The van der Waals surface area contributed by atoms with Crippen molar-refractivity contribution in [2.75, 3.05) is 10.0 Å². The molecule has 11 heteroatoms. The van der Waals surface area contributed by atoms with Gasteiger partial charge in [0.05, 0.1) is 10.6 Å². The number of hydrogen-bond donors (Lipinski definition) is 3. The molecule has 0 unspecified atom stereocenters. The molecule has 2 aromatic carbocycles. The van der Waals surface area contributed by atoms with Crippen molar-refractivity contribution < 1.29 is 22.5 Å². The van der Waals surface area contributed by atoms with Crippen LogP contribution in [0.5, 0.6) is 0 Å². The molecule has 0 aliphatic carbocycles. The third-order valence-electron chi connectivity index (χ3n) is 4.14. The van der Waals surface area contributed by atoms with Crippen molar-refractivity contribution in [3.63, 3.8) is 0 Å². The summed E-state index contributed by atoms with van der Waals surface area (Å²) in [6.45, 7) is 3.38. The maximum Gasteiger partial charge on any atom is 0.326 e. The van der Waals surface area contributed by atoms with Gasteiger partial charge >= 0.3 is 6.03 Å². The molecule has 156 valence electrons. The van der Waals surface area contributed by atoms with E-state index in [0.29, 0.717) is 22.0 Å². The van der Waals surface area contributed by atoms with E-state index < -0.39 is 22.0 Å². The number of nitrogens with one attached hydrogen (secondary N) is 3. The van der Waals surface area contributed by atoms with Crippen LogP contribution in [-0.4, -0.2) is 25.5 Å². The quantitative estimate of drug-likeness (QED) is 0.545. The van der Waals surface area contributed by atoms with Crippen LogP contribution in [0.25, 0.3) is 0 Å². The second kappa shape index (κ2) is 8.56. The van der Waals surface area contributed by atoms with Crippen LogP contribution in [0.15, 0.2) is 57.9 Å². The van der Waals surface area contributed by atoms with Gasteiger partial charge in [-0.1, -0.05) is 16.8 Å². The molecule has 30 heavy (non-hydrogen) atoms. The van der Waals surface area contributed by atoms with E-state index >= 15 is 0 Å². The van der Waals surface area contributed by atoms with E-state index in [-0.39, 0.29) is 16.3 Å². The number of anilines is 2. The van der Waals surface area contributed by atoms with Gasteiger partial charge in [0.2, 0.25) is 5.88 Å². The molecule has 0 fully saturated rings. The van der Waals surface area contributed by atoms with E-state index in [1.807, 2.05) is 0 Å². The summed E-state index contributed by atoms with van der Waals surface area (Å²) in [7, 11) is -3.90. The topological polar surface area (TPSA) is 130 Å². The highest BCUT2D eigenvalue weighted by Gasteiger charge is 2.19. The average molecular weight is 449 g/mol. The number of urea groups is 1. The molecular formula is C19H17ClN4O5S. The first-order valence-electron chi connectivity index (χ1n) is 8.59. The summed E-state index contributed by atoms with van der Waals surface area (Å²) in [4.78, 5) is 24.0. The Morgan fingerprint density at radius 3 is 2.20 bits per heavy atom. The third-order valence-corrected chi connectivity index (χ3v) is 5.74. The fraction of sp³-hybridized carbons (Fsp3) is 0.105. The number of sulfonamides is 1. The summed E-state index contributed by atoms with van der Waals surface area (Å²) in [5, 5.41) is 8.79. The largest absolute Gasteiger partial charge is 0.337 e. The number of aromatic nitrogens is 1. The van der Waals surface area contributed by atoms with Crippen molar-refractivity contribution in [3.8, 4) is 0 Å². The monoisotopic (exact) mass is 448 g/mol. The van der Waals surface area contributed by atoms with E-state index in [4.69, 9.17) is 16.1 Å². The van der Waals surface area contributed by atoms with Gasteiger partial charge in [-0.3, -0.25) is 10.1 Å². The zero-order valence-corrected chi connectivity index (χ0v) is 17.5. The number of rotatable bonds is 5. The zero-order valence-electron chi connectivity index (χ0n) is 15.9. The van der Waals surface area contributed by atoms with Gasteiger partial charge in [0.25, 0.3) is 15.9 Å². The van der Waals surface area contributed by atoms with Gasteiger partial charge in [-0.15, -0.1) is 0 Å². The van der Waals surface area contributed by atoms with Crippen molar-refractivity contribution in [3.05, 3.63) is 70.4 Å². The Labute approximate surface area is 177 Å². The van der Waals surface area contributed by atoms with Crippen LogP contribution in [0.3, 0.4) is 0 Å². The summed E-state index contributed by atoms with van der Waals surface area (Å²) in [6, 6.07) is 10.6. The summed E-state index contributed by atoms with van der Waals surface area (Å²) in [5.41, 5.74) is 1.72. The number of carbonyl (C=O) groups excluding carboxylic acids is 2. The Balaban J connectivity index is 1.63. The Bertz CT molecular complexity index is 1190. The average Bonchev–Trinajstić information content (AvgIpc) is 3.00. The molecule has 0 bridgehead atoms. The first kappa shape index (κ1) is 21.3. The number of halogens is 1. The minimum atomic E-state index is -3.90. The molecule has 0 aliphatic rings. The van der Waals surface area contributed by atoms with Crippen molar-refractivity contribution in [2.24, 2.45) is 0 Å². The van der Waals surface area contributed by atoms with E-state index in [1.165, 1.54) is 48.5 Å². The molecule has 0 saturated carbocycles. The zero-order chi connectivity index (χ0) is 21.9. The summed E-state index contributed by atoms with van der Waals surface area (Å²) >= 11 is 5.76. The Hall–Kier alpha value is -3.37. The Morgan fingerprint density at radius 1 is 1.00 bits per heavy atom. The number of nitrogens with zero attached hydrogens (tertiary/aromatic N) is 1. The van der Waals surface area contributed by atoms with Crippen LogP contribution >= 0.6 is 11.6 Å². The molecule has 1 heterocycles. The highest BCUT2D eigenvalue weighted by molar-refractivity contribution is 7.92. The predicted molar refractivity (Wildman–Crippen MR) is 111 cm³/mol. The number of carbonyl (C=O) groups is 2. The number of benzene rings is 2. The Kier molecular flexibility index (Phi) is 6.09. The molecule has 0 aliphatic heterocycles. The smallest absolute Gasteiger partial charge is 0.326 e. The van der Waals surface area contributed by atoms with Crippen LogP contribution in [0.1, 0.15) is 21.6 Å². The fourth-order valence-corrected chi connectivity index (χ4v) is 3.52. The van der Waals surface area contributed by atoms with E-state index in [2.05, 4.69) is 20.5 Å². The molecule has 1 aromatic heterocycles. The van der Waals surface area contributed by atoms with Crippen LogP contribution < -0.4 is 15.4 Å². The molecule has 0 saturated heterocycles. The molecule has 3 amide bonds. The van der Waals surface area contributed by atoms with E-state index in [1.54, 1.807) is 13.8 Å². The van der Waals surface area contributed by atoms with Gasteiger partial charge in [0.15, 0.2) is 0 Å². The molecule has 9 nitrogen and oxygen atoms in total. The highest BCUT2D eigenvalue weighted by Crippen LogP contribution is 2.22. The lowest BCUT2D eigenvalue weighted by atomic mass is 10.2. The van der Waals surface area contributed by atoms with Crippen LogP contribution in [0.2, 0.25) is 5.02 Å². The van der Waals surface area contributed by atoms with Gasteiger partial charge in [0, 0.05) is 21.8 Å². The molecule has 0 atom stereocenters. The first-order chi connectivity index (χ1) is 14.2. The predicted octanol–water partition coefficient (Wildman–Crippen LogP) is 3.71. The summed E-state index contributed by atoms with van der Waals surface area (Å²) in [5.74, 6) is -0.569. The van der Waals surface area contributed by atoms with Crippen molar-refractivity contribution in [1.29, 1.82) is 0 Å². The molecule has 3 aromatic rings. The normalized spacial score (nSPS) is 11.0. The lowest BCUT2D eigenvalue weighted by molar-refractivity contribution is 0.0967. The van der Waals surface area contributed by atoms with Crippen molar-refractivity contribution in [2.45, 2.75) is 18.7 Å². The summed E-state index contributed by atoms with van der Waals surface area (Å²) < 4.78 is 32.2. The first-order valence-corrected chi connectivity index (χ1v) is 10.5. The molecular weight excluding hydrogens is 432 g/mol. The maximum atomic E-state index is 12.5. The van der Waals surface area contributed by atoms with E-state index in [9.17, 15) is 18.0 Å². The van der Waals surface area contributed by atoms with Crippen LogP contribution in [0.4, 0.5) is 16.4 Å². The maximum absolute atomic E-state index is 12.5. The highest BCUT2D eigenvalue weighted by atomic mass is 35.5. The van der Waals surface area contributed by atoms with Crippen molar-refractivity contribution >= 4 is 45.1 Å². The molecule has 0 radical (unpaired) electrons. The van der Waals surface area contributed by atoms with Gasteiger partial charge in [-0.2, -0.15) is 0 Å². The SMILES string of the molecule is Cc1noc(NS(=O)(=O)c2ccc(NC(=O)NC(=O)c3ccc(Cl)cc3)cc2)c1C. The standard InChI is InChI=1S/C19H17ClN4O5S/c1-11-12(2)23-29-18(11)24-30(27,28)16-9-7-15(8-10-16)21-19(26)22-17(25)13-3-5-14(20)6-4-13/h3-10,24H,1-2H3,(H2,21,22,25,26). The van der Waals surface area contributed by atoms with E-state index in [0.717, 1.165) is 0 Å². The second-order valence-electron chi connectivity index (χ2n) is 6.27. The van der Waals surface area contributed by atoms with Gasteiger partial charge in [-0.05, 0) is 62.4 Å². The van der Waals surface area contributed by atoms with Gasteiger partial charge in [-0.25, -0.2) is 17.9 Å². The van der Waals surface area contributed by atoms with Gasteiger partial charge in [0.1, 0.15) is 0 Å². The Morgan fingerprint density at radius 2 is 1.63 bits per heavy atom. The summed E-state index contributed by atoms with van der Waals surface area (Å²) in [6.07, 6.45) is 0. The van der Waals surface area contributed by atoms with Crippen LogP contribution in [-0.2, 0) is 10.0 Å². The molecule has 0 spiro atoms. The molecule has 3 N–H and O–H groups in total. The number of aryl methyl sites for hydroxylation is 1. The number of amides is 3. The van der Waals surface area contributed by atoms with Gasteiger partial charge < -0.3 is 9.84 Å². The minimum absolute atomic E-state index is 0.0368. The van der Waals surface area contributed by atoms with Crippen LogP contribution in [0, 0.1) is 13.8 Å². The second-order valence-corrected chi connectivity index (χ2v) is 8.39. The lowest BCUT2D eigenvalue weighted by Crippen LogP contribution is -2.34. The van der Waals surface area contributed by atoms with Crippen molar-refractivity contribution in [1.82, 2.24) is 10.5 Å². The lowest BCUT2D eigenvalue weighted by Gasteiger charge is -2.09.